The van der Waals surface area contributed by atoms with E-state index >= 15 is 0 Å². The molecule has 1 aromatic rings. The summed E-state index contributed by atoms with van der Waals surface area (Å²) in [6.07, 6.45) is -3.03. The molecule has 0 heterocycles. The largest absolute Gasteiger partial charge is 0.491 e. The van der Waals surface area contributed by atoms with Crippen LogP contribution in [0.2, 0.25) is 0 Å². The van der Waals surface area contributed by atoms with Crippen LogP contribution in [0.4, 0.5) is 13.2 Å². The van der Waals surface area contributed by atoms with Crippen LogP contribution in [0.25, 0.3) is 0 Å². The Balaban J connectivity index is 3.01. The Morgan fingerprint density at radius 3 is 2.56 bits per heavy atom. The molecule has 1 unspecified atom stereocenters. The molecule has 5 heteroatoms. The van der Waals surface area contributed by atoms with Gasteiger partial charge in [-0.3, -0.25) is 0 Å². The van der Waals surface area contributed by atoms with Crippen molar-refractivity contribution in [3.8, 4) is 11.8 Å². The van der Waals surface area contributed by atoms with Gasteiger partial charge in [0.15, 0.2) is 0 Å². The summed E-state index contributed by atoms with van der Waals surface area (Å²) in [5.41, 5.74) is -1.34. The molecule has 1 aromatic carbocycles. The lowest BCUT2D eigenvalue weighted by Gasteiger charge is -2.16. The first-order valence-corrected chi connectivity index (χ1v) is 5.66. The summed E-state index contributed by atoms with van der Waals surface area (Å²) in [7, 11) is 0. The highest BCUT2D eigenvalue weighted by Gasteiger charge is 2.34. The molecule has 0 saturated heterocycles. The molecule has 0 aliphatic heterocycles. The Hall–Kier alpha value is -1.70. The van der Waals surface area contributed by atoms with Crippen molar-refractivity contribution in [2.24, 2.45) is 0 Å². The minimum atomic E-state index is -4.54. The minimum absolute atomic E-state index is 0.141. The monoisotopic (exact) mass is 257 g/mol. The molecule has 0 aliphatic rings. The Bertz CT molecular complexity index is 449. The maximum Gasteiger partial charge on any atom is 0.417 e. The van der Waals surface area contributed by atoms with E-state index < -0.39 is 17.3 Å². The summed E-state index contributed by atoms with van der Waals surface area (Å²) in [6, 6.07) is 4.94. The van der Waals surface area contributed by atoms with Crippen LogP contribution in [0.1, 0.15) is 37.8 Å². The molecule has 18 heavy (non-hydrogen) atoms. The van der Waals surface area contributed by atoms with Crippen molar-refractivity contribution < 1.29 is 17.9 Å². The number of hydrogen-bond acceptors (Lipinski definition) is 2. The summed E-state index contributed by atoms with van der Waals surface area (Å²) >= 11 is 0. The van der Waals surface area contributed by atoms with Crippen molar-refractivity contribution in [1.29, 1.82) is 5.26 Å². The van der Waals surface area contributed by atoms with Crippen LogP contribution < -0.4 is 4.74 Å². The zero-order valence-electron chi connectivity index (χ0n) is 10.2. The molecular weight excluding hydrogens is 243 g/mol. The van der Waals surface area contributed by atoms with Gasteiger partial charge in [0.1, 0.15) is 5.75 Å². The van der Waals surface area contributed by atoms with Gasteiger partial charge in [0, 0.05) is 0 Å². The number of nitriles is 1. The molecule has 1 rings (SSSR count). The Labute approximate surface area is 104 Å². The van der Waals surface area contributed by atoms with Crippen molar-refractivity contribution in [1.82, 2.24) is 0 Å². The number of rotatable bonds is 4. The Kier molecular flexibility index (Phi) is 4.60. The molecule has 0 aliphatic carbocycles. The fourth-order valence-electron chi connectivity index (χ4n) is 1.63. The first-order valence-electron chi connectivity index (χ1n) is 5.66. The van der Waals surface area contributed by atoms with Gasteiger partial charge in [-0.1, -0.05) is 13.3 Å². The van der Waals surface area contributed by atoms with Crippen molar-refractivity contribution in [3.63, 3.8) is 0 Å². The lowest BCUT2D eigenvalue weighted by Crippen LogP contribution is -2.13. The van der Waals surface area contributed by atoms with E-state index in [0.29, 0.717) is 0 Å². The normalized spacial score (nSPS) is 12.9. The fraction of sp³-hybridized carbons (Fsp3) is 0.462. The van der Waals surface area contributed by atoms with E-state index in [1.807, 2.05) is 6.92 Å². The molecule has 0 aromatic heterocycles. The molecule has 0 fully saturated rings. The molecule has 0 radical (unpaired) electrons. The number of halogens is 3. The summed E-state index contributed by atoms with van der Waals surface area (Å²) in [5.74, 6) is 0.141. The third-order valence-corrected chi connectivity index (χ3v) is 2.45. The second kappa shape index (κ2) is 5.76. The number of hydrogen-bond donors (Lipinski definition) is 0. The van der Waals surface area contributed by atoms with Gasteiger partial charge in [-0.2, -0.15) is 18.4 Å². The van der Waals surface area contributed by atoms with Gasteiger partial charge in [0.2, 0.25) is 0 Å². The van der Waals surface area contributed by atoms with Crippen LogP contribution in [-0.2, 0) is 6.18 Å². The van der Waals surface area contributed by atoms with Gasteiger partial charge < -0.3 is 4.74 Å². The molecule has 0 spiro atoms. The lowest BCUT2D eigenvalue weighted by molar-refractivity contribution is -0.137. The Morgan fingerprint density at radius 1 is 1.39 bits per heavy atom. The maximum atomic E-state index is 12.7. The van der Waals surface area contributed by atoms with Crippen LogP contribution in [0.5, 0.6) is 5.75 Å². The van der Waals surface area contributed by atoms with Crippen LogP contribution in [-0.4, -0.2) is 6.10 Å². The number of alkyl halides is 3. The van der Waals surface area contributed by atoms with Crippen molar-refractivity contribution >= 4 is 0 Å². The second-order valence-corrected chi connectivity index (χ2v) is 4.03. The van der Waals surface area contributed by atoms with Gasteiger partial charge in [0.25, 0.3) is 0 Å². The highest BCUT2D eigenvalue weighted by Crippen LogP contribution is 2.34. The zero-order chi connectivity index (χ0) is 13.8. The minimum Gasteiger partial charge on any atom is -0.491 e. The number of nitrogens with zero attached hydrogens (tertiary/aromatic N) is 1. The summed E-state index contributed by atoms with van der Waals surface area (Å²) < 4.78 is 43.5. The first-order chi connectivity index (χ1) is 8.38. The van der Waals surface area contributed by atoms with Crippen LogP contribution in [0, 0.1) is 11.3 Å². The van der Waals surface area contributed by atoms with E-state index in [2.05, 4.69) is 0 Å². The van der Waals surface area contributed by atoms with E-state index in [1.54, 1.807) is 6.92 Å². The van der Waals surface area contributed by atoms with Gasteiger partial charge in [-0.05, 0) is 31.5 Å². The Morgan fingerprint density at radius 2 is 2.06 bits per heavy atom. The lowest BCUT2D eigenvalue weighted by atomic mass is 10.1. The van der Waals surface area contributed by atoms with E-state index in [1.165, 1.54) is 12.1 Å². The van der Waals surface area contributed by atoms with Crippen molar-refractivity contribution in [2.75, 3.05) is 0 Å². The summed E-state index contributed by atoms with van der Waals surface area (Å²) in [6.45, 7) is 3.77. The highest BCUT2D eigenvalue weighted by atomic mass is 19.4. The quantitative estimate of drug-likeness (QED) is 0.811. The van der Waals surface area contributed by atoms with Gasteiger partial charge >= 0.3 is 6.18 Å². The zero-order valence-corrected chi connectivity index (χ0v) is 10.2. The summed E-state index contributed by atoms with van der Waals surface area (Å²) in [4.78, 5) is 0. The maximum absolute atomic E-state index is 12.7. The van der Waals surface area contributed by atoms with E-state index in [4.69, 9.17) is 10.00 Å². The predicted molar refractivity (Wildman–Crippen MR) is 61.2 cm³/mol. The van der Waals surface area contributed by atoms with Crippen LogP contribution >= 0.6 is 0 Å². The molecule has 0 N–H and O–H groups in total. The summed E-state index contributed by atoms with van der Waals surface area (Å²) in [5, 5.41) is 8.65. The molecule has 2 nitrogen and oxygen atoms in total. The van der Waals surface area contributed by atoms with Gasteiger partial charge in [0.05, 0.1) is 23.3 Å². The second-order valence-electron chi connectivity index (χ2n) is 4.03. The SMILES string of the molecule is CCCC(C)Oc1ccc(C#N)c(C(F)(F)F)c1. The number of ether oxygens (including phenoxy) is 1. The average Bonchev–Trinajstić information content (AvgIpc) is 2.28. The molecular formula is C13H14F3NO. The molecule has 1 atom stereocenters. The van der Waals surface area contributed by atoms with E-state index in [9.17, 15) is 13.2 Å². The van der Waals surface area contributed by atoms with E-state index in [0.717, 1.165) is 25.0 Å². The van der Waals surface area contributed by atoms with Crippen molar-refractivity contribution in [3.05, 3.63) is 29.3 Å². The average molecular weight is 257 g/mol. The first kappa shape index (κ1) is 14.4. The van der Waals surface area contributed by atoms with E-state index in [-0.39, 0.29) is 11.9 Å². The predicted octanol–water partition coefficient (Wildman–Crippen LogP) is 4.14. The molecule has 0 amide bonds. The van der Waals surface area contributed by atoms with Crippen LogP contribution in [0.3, 0.4) is 0 Å². The molecule has 98 valence electrons. The van der Waals surface area contributed by atoms with Gasteiger partial charge in [-0.15, -0.1) is 0 Å². The number of benzene rings is 1. The fourth-order valence-corrected chi connectivity index (χ4v) is 1.63. The standard InChI is InChI=1S/C13H14F3NO/c1-3-4-9(2)18-11-6-5-10(8-17)12(7-11)13(14,15)16/h5-7,9H,3-4H2,1-2H3. The topological polar surface area (TPSA) is 33.0 Å². The van der Waals surface area contributed by atoms with Crippen molar-refractivity contribution in [2.45, 2.75) is 39.0 Å². The van der Waals surface area contributed by atoms with Crippen LogP contribution in [0.15, 0.2) is 18.2 Å². The molecule has 0 saturated carbocycles. The third kappa shape index (κ3) is 3.66. The smallest absolute Gasteiger partial charge is 0.417 e. The molecule has 0 bridgehead atoms. The third-order valence-electron chi connectivity index (χ3n) is 2.45. The highest BCUT2D eigenvalue weighted by molar-refractivity contribution is 5.44. The van der Waals surface area contributed by atoms with Gasteiger partial charge in [-0.25, -0.2) is 0 Å².